The Balaban J connectivity index is 2.32. The highest BCUT2D eigenvalue weighted by atomic mass is 79.9. The summed E-state index contributed by atoms with van der Waals surface area (Å²) in [4.78, 5) is 0. The number of fused-ring (bicyclic) bond motifs is 1. The van der Waals surface area contributed by atoms with Gasteiger partial charge in [0, 0.05) is 0 Å². The van der Waals surface area contributed by atoms with E-state index in [4.69, 9.17) is 4.74 Å². The molecule has 0 saturated carbocycles. The number of nitrogens with one attached hydrogen (secondary N) is 1. The third-order valence-corrected chi connectivity index (χ3v) is 2.85. The van der Waals surface area contributed by atoms with E-state index in [1.165, 1.54) is 0 Å². The molecule has 13 heavy (non-hydrogen) atoms. The number of hydrogen-bond donors (Lipinski definition) is 1. The molecule has 0 radical (unpaired) electrons. The number of ether oxygens (including phenoxy) is 1. The fraction of sp³-hybridized carbons (Fsp3) is 0.400. The van der Waals surface area contributed by atoms with E-state index in [0.717, 1.165) is 28.9 Å². The molecule has 0 saturated heterocycles. The van der Waals surface area contributed by atoms with Gasteiger partial charge in [0.15, 0.2) is 5.75 Å². The molecular formula is C10H12BrNO. The second-order valence-corrected chi connectivity index (χ2v) is 4.00. The van der Waals surface area contributed by atoms with E-state index in [9.17, 15) is 0 Å². The lowest BCUT2D eigenvalue weighted by molar-refractivity contribution is 0.200. The monoisotopic (exact) mass is 241 g/mol. The molecule has 2 nitrogen and oxygen atoms in total. The minimum absolute atomic E-state index is 0.297. The Morgan fingerprint density at radius 3 is 3.23 bits per heavy atom. The van der Waals surface area contributed by atoms with Crippen molar-refractivity contribution in [1.82, 2.24) is 0 Å². The summed E-state index contributed by atoms with van der Waals surface area (Å²) >= 11 is 3.47. The molecule has 1 aliphatic heterocycles. The molecule has 1 N–H and O–H groups in total. The van der Waals surface area contributed by atoms with E-state index < -0.39 is 0 Å². The number of hydrogen-bond acceptors (Lipinski definition) is 2. The van der Waals surface area contributed by atoms with Crippen molar-refractivity contribution in [2.75, 3.05) is 11.9 Å². The van der Waals surface area contributed by atoms with Crippen LogP contribution in [0.1, 0.15) is 13.3 Å². The van der Waals surface area contributed by atoms with Crippen molar-refractivity contribution in [2.24, 2.45) is 0 Å². The summed E-state index contributed by atoms with van der Waals surface area (Å²) in [6.45, 7) is 3.04. The highest BCUT2D eigenvalue weighted by Crippen LogP contribution is 2.36. The standard InChI is InChI=1S/C10H12BrNO/c1-2-7-6-12-9-5-3-4-8(11)10(9)13-7/h3-5,7,12H,2,6H2,1H3. The van der Waals surface area contributed by atoms with Crippen LogP contribution in [-0.2, 0) is 0 Å². The third-order valence-electron chi connectivity index (χ3n) is 2.23. The van der Waals surface area contributed by atoms with Gasteiger partial charge in [0.05, 0.1) is 16.7 Å². The number of para-hydroxylation sites is 1. The Morgan fingerprint density at radius 2 is 2.46 bits per heavy atom. The second-order valence-electron chi connectivity index (χ2n) is 3.15. The topological polar surface area (TPSA) is 21.3 Å². The van der Waals surface area contributed by atoms with Crippen molar-refractivity contribution in [1.29, 1.82) is 0 Å². The fourth-order valence-corrected chi connectivity index (χ4v) is 1.89. The normalized spacial score (nSPS) is 20.0. The highest BCUT2D eigenvalue weighted by Gasteiger charge is 2.18. The van der Waals surface area contributed by atoms with Crippen LogP contribution in [0.15, 0.2) is 22.7 Å². The quantitative estimate of drug-likeness (QED) is 0.817. The van der Waals surface area contributed by atoms with E-state index in [0.29, 0.717) is 6.10 Å². The van der Waals surface area contributed by atoms with Crippen LogP contribution < -0.4 is 10.1 Å². The molecule has 1 aromatic carbocycles. The van der Waals surface area contributed by atoms with Crippen molar-refractivity contribution in [3.63, 3.8) is 0 Å². The van der Waals surface area contributed by atoms with Crippen molar-refractivity contribution in [3.05, 3.63) is 22.7 Å². The van der Waals surface area contributed by atoms with Crippen LogP contribution in [0.2, 0.25) is 0 Å². The first-order chi connectivity index (χ1) is 6.31. The van der Waals surface area contributed by atoms with E-state index in [2.05, 4.69) is 28.2 Å². The van der Waals surface area contributed by atoms with Crippen LogP contribution >= 0.6 is 15.9 Å². The smallest absolute Gasteiger partial charge is 0.157 e. The summed E-state index contributed by atoms with van der Waals surface area (Å²) < 4.78 is 6.83. The zero-order valence-corrected chi connectivity index (χ0v) is 9.10. The molecule has 2 rings (SSSR count). The average molecular weight is 242 g/mol. The van der Waals surface area contributed by atoms with E-state index in [1.807, 2.05) is 18.2 Å². The molecule has 70 valence electrons. The van der Waals surface area contributed by atoms with Gasteiger partial charge in [0.1, 0.15) is 6.10 Å². The summed E-state index contributed by atoms with van der Waals surface area (Å²) in [7, 11) is 0. The summed E-state index contributed by atoms with van der Waals surface area (Å²) in [6, 6.07) is 6.04. The first-order valence-corrected chi connectivity index (χ1v) is 5.29. The SMILES string of the molecule is CCC1CNc2cccc(Br)c2O1. The Kier molecular flexibility index (Phi) is 2.44. The minimum atomic E-state index is 0.297. The maximum atomic E-state index is 5.80. The zero-order valence-electron chi connectivity index (χ0n) is 7.51. The van der Waals surface area contributed by atoms with Gasteiger partial charge < -0.3 is 10.1 Å². The first-order valence-electron chi connectivity index (χ1n) is 4.50. The minimum Gasteiger partial charge on any atom is -0.485 e. The molecule has 0 aromatic heterocycles. The summed E-state index contributed by atoms with van der Waals surface area (Å²) in [5, 5.41) is 3.35. The summed E-state index contributed by atoms with van der Waals surface area (Å²) in [6.07, 6.45) is 1.33. The number of anilines is 1. The molecule has 1 heterocycles. The van der Waals surface area contributed by atoms with Gasteiger partial charge in [-0.05, 0) is 34.5 Å². The molecule has 1 aliphatic rings. The second kappa shape index (κ2) is 3.58. The predicted molar refractivity (Wildman–Crippen MR) is 57.3 cm³/mol. The number of halogens is 1. The first kappa shape index (κ1) is 8.88. The Labute approximate surface area is 86.4 Å². The summed E-state index contributed by atoms with van der Waals surface area (Å²) in [5.74, 6) is 0.945. The maximum Gasteiger partial charge on any atom is 0.157 e. The average Bonchev–Trinajstić information content (AvgIpc) is 2.18. The summed E-state index contributed by atoms with van der Waals surface area (Å²) in [5.41, 5.74) is 1.08. The molecule has 1 unspecified atom stereocenters. The zero-order chi connectivity index (χ0) is 9.26. The van der Waals surface area contributed by atoms with Gasteiger partial charge >= 0.3 is 0 Å². The Morgan fingerprint density at radius 1 is 1.62 bits per heavy atom. The van der Waals surface area contributed by atoms with Crippen molar-refractivity contribution < 1.29 is 4.74 Å². The van der Waals surface area contributed by atoms with Gasteiger partial charge in [-0.3, -0.25) is 0 Å². The van der Waals surface area contributed by atoms with E-state index in [1.54, 1.807) is 0 Å². The van der Waals surface area contributed by atoms with Crippen molar-refractivity contribution in [3.8, 4) is 5.75 Å². The van der Waals surface area contributed by atoms with Crippen molar-refractivity contribution >= 4 is 21.6 Å². The molecule has 1 aromatic rings. The van der Waals surface area contributed by atoms with Crippen molar-refractivity contribution in [2.45, 2.75) is 19.4 Å². The maximum absolute atomic E-state index is 5.80. The van der Waals surface area contributed by atoms with Crippen LogP contribution in [0.5, 0.6) is 5.75 Å². The molecule has 0 bridgehead atoms. The van der Waals surface area contributed by atoms with Gasteiger partial charge in [-0.15, -0.1) is 0 Å². The molecule has 0 aliphatic carbocycles. The Bertz CT molecular complexity index is 314. The molecule has 0 fully saturated rings. The lowest BCUT2D eigenvalue weighted by Gasteiger charge is -2.27. The van der Waals surface area contributed by atoms with Gasteiger partial charge in [-0.2, -0.15) is 0 Å². The predicted octanol–water partition coefficient (Wildman–Crippen LogP) is 3.03. The van der Waals surface area contributed by atoms with Crippen LogP contribution in [0.4, 0.5) is 5.69 Å². The molecule has 3 heteroatoms. The largest absolute Gasteiger partial charge is 0.485 e. The van der Waals surface area contributed by atoms with Gasteiger partial charge in [-0.1, -0.05) is 13.0 Å². The van der Waals surface area contributed by atoms with Crippen LogP contribution in [0, 0.1) is 0 Å². The fourth-order valence-electron chi connectivity index (χ4n) is 1.43. The van der Waals surface area contributed by atoms with E-state index in [-0.39, 0.29) is 0 Å². The molecule has 0 spiro atoms. The van der Waals surface area contributed by atoms with Gasteiger partial charge in [0.2, 0.25) is 0 Å². The van der Waals surface area contributed by atoms with Gasteiger partial charge in [-0.25, -0.2) is 0 Å². The van der Waals surface area contributed by atoms with Gasteiger partial charge in [0.25, 0.3) is 0 Å². The highest BCUT2D eigenvalue weighted by molar-refractivity contribution is 9.10. The van der Waals surface area contributed by atoms with E-state index >= 15 is 0 Å². The molecular weight excluding hydrogens is 230 g/mol. The molecule has 1 atom stereocenters. The third kappa shape index (κ3) is 1.66. The number of benzene rings is 1. The number of rotatable bonds is 1. The van der Waals surface area contributed by atoms with Crippen LogP contribution in [0.25, 0.3) is 0 Å². The lowest BCUT2D eigenvalue weighted by Crippen LogP contribution is -2.30. The van der Waals surface area contributed by atoms with Crippen LogP contribution in [0.3, 0.4) is 0 Å². The lowest BCUT2D eigenvalue weighted by atomic mass is 10.2. The molecule has 0 amide bonds. The van der Waals surface area contributed by atoms with Crippen LogP contribution in [-0.4, -0.2) is 12.6 Å². The Hall–Kier alpha value is -0.700.